The van der Waals surface area contributed by atoms with Gasteiger partial charge in [0.2, 0.25) is 0 Å². The summed E-state index contributed by atoms with van der Waals surface area (Å²) in [5.74, 6) is -0.665. The van der Waals surface area contributed by atoms with Crippen molar-refractivity contribution in [2.24, 2.45) is 11.3 Å². The zero-order valence-corrected chi connectivity index (χ0v) is 13.7. The number of carbonyl (C=O) groups is 2. The van der Waals surface area contributed by atoms with Crippen molar-refractivity contribution in [3.63, 3.8) is 0 Å². The van der Waals surface area contributed by atoms with E-state index in [1.165, 1.54) is 0 Å². The van der Waals surface area contributed by atoms with Crippen LogP contribution in [0.1, 0.15) is 24.8 Å². The minimum Gasteiger partial charge on any atom is -0.481 e. The zero-order chi connectivity index (χ0) is 17.0. The van der Waals surface area contributed by atoms with Crippen LogP contribution in [0.3, 0.4) is 0 Å². The molecule has 1 saturated carbocycles. The lowest BCUT2D eigenvalue weighted by Crippen LogP contribution is -2.42. The maximum atomic E-state index is 12.2. The summed E-state index contributed by atoms with van der Waals surface area (Å²) in [6.07, 6.45) is 2.52. The second-order valence-electron chi connectivity index (χ2n) is 6.70. The van der Waals surface area contributed by atoms with Gasteiger partial charge in [0.1, 0.15) is 0 Å². The Hall–Kier alpha value is -2.08. The summed E-state index contributed by atoms with van der Waals surface area (Å²) in [6.45, 7) is 2.24. The molecule has 3 rings (SSSR count). The van der Waals surface area contributed by atoms with E-state index in [2.05, 4.69) is 5.32 Å². The number of aliphatic carboxylic acids is 1. The highest BCUT2D eigenvalue weighted by atomic mass is 16.5. The van der Waals surface area contributed by atoms with Crippen LogP contribution in [0.2, 0.25) is 0 Å². The van der Waals surface area contributed by atoms with Gasteiger partial charge < -0.3 is 20.1 Å². The van der Waals surface area contributed by atoms with Crippen LogP contribution in [0.25, 0.3) is 0 Å². The van der Waals surface area contributed by atoms with E-state index < -0.39 is 11.4 Å². The average Bonchev–Trinajstić information content (AvgIpc) is 3.13. The highest BCUT2D eigenvalue weighted by molar-refractivity contribution is 5.80. The van der Waals surface area contributed by atoms with Crippen molar-refractivity contribution in [2.45, 2.75) is 25.9 Å². The molecule has 1 aliphatic carbocycles. The van der Waals surface area contributed by atoms with Crippen LogP contribution < -0.4 is 5.32 Å². The second-order valence-corrected chi connectivity index (χ2v) is 6.70. The second kappa shape index (κ2) is 7.21. The van der Waals surface area contributed by atoms with E-state index >= 15 is 0 Å². The van der Waals surface area contributed by atoms with Gasteiger partial charge in [-0.05, 0) is 24.3 Å². The number of carbonyl (C=O) groups excluding carboxylic acids is 1. The molecule has 0 bridgehead atoms. The lowest BCUT2D eigenvalue weighted by atomic mass is 9.81. The van der Waals surface area contributed by atoms with E-state index in [-0.39, 0.29) is 11.9 Å². The van der Waals surface area contributed by atoms with Crippen molar-refractivity contribution in [3.8, 4) is 0 Å². The molecule has 6 nitrogen and oxygen atoms in total. The molecule has 2 atom stereocenters. The first-order valence-electron chi connectivity index (χ1n) is 8.50. The molecule has 0 radical (unpaired) electrons. The number of hydrogen-bond donors (Lipinski definition) is 2. The summed E-state index contributed by atoms with van der Waals surface area (Å²) < 4.78 is 5.54. The molecular formula is C18H24N2O4. The Labute approximate surface area is 141 Å². The number of carboxylic acids is 1. The number of hydrogen-bond acceptors (Lipinski definition) is 3. The smallest absolute Gasteiger partial charge is 0.317 e. The van der Waals surface area contributed by atoms with Crippen molar-refractivity contribution in [1.82, 2.24) is 10.2 Å². The van der Waals surface area contributed by atoms with Crippen molar-refractivity contribution in [2.75, 3.05) is 26.2 Å². The van der Waals surface area contributed by atoms with Crippen LogP contribution in [0.15, 0.2) is 30.3 Å². The van der Waals surface area contributed by atoms with Crippen LogP contribution >= 0.6 is 0 Å². The van der Waals surface area contributed by atoms with E-state index in [0.717, 1.165) is 18.4 Å². The Balaban J connectivity index is 1.39. The first-order chi connectivity index (χ1) is 11.6. The number of nitrogens with one attached hydrogen (secondary N) is 1. The van der Waals surface area contributed by atoms with E-state index in [1.807, 2.05) is 30.3 Å². The molecule has 6 heteroatoms. The Morgan fingerprint density at radius 1 is 1.33 bits per heavy atom. The van der Waals surface area contributed by atoms with E-state index in [0.29, 0.717) is 39.3 Å². The van der Waals surface area contributed by atoms with Gasteiger partial charge in [0.25, 0.3) is 0 Å². The minimum absolute atomic E-state index is 0.0927. The van der Waals surface area contributed by atoms with Gasteiger partial charge in [-0.3, -0.25) is 4.79 Å². The van der Waals surface area contributed by atoms with Crippen molar-refractivity contribution in [3.05, 3.63) is 35.9 Å². The van der Waals surface area contributed by atoms with Gasteiger partial charge >= 0.3 is 12.0 Å². The largest absolute Gasteiger partial charge is 0.481 e. The average molecular weight is 332 g/mol. The zero-order valence-electron chi connectivity index (χ0n) is 13.7. The minimum atomic E-state index is -0.758. The summed E-state index contributed by atoms with van der Waals surface area (Å²) in [7, 11) is 0. The van der Waals surface area contributed by atoms with Crippen LogP contribution in [0.4, 0.5) is 4.79 Å². The van der Waals surface area contributed by atoms with Crippen molar-refractivity contribution < 1.29 is 19.4 Å². The normalized spacial score (nSPS) is 25.5. The van der Waals surface area contributed by atoms with E-state index in [4.69, 9.17) is 4.74 Å². The number of nitrogens with zero attached hydrogens (tertiary/aromatic N) is 1. The van der Waals surface area contributed by atoms with Gasteiger partial charge in [0, 0.05) is 19.6 Å². The summed E-state index contributed by atoms with van der Waals surface area (Å²) >= 11 is 0. The van der Waals surface area contributed by atoms with E-state index in [9.17, 15) is 14.7 Å². The maximum absolute atomic E-state index is 12.2. The Morgan fingerprint density at radius 2 is 2.12 bits per heavy atom. The fourth-order valence-corrected chi connectivity index (χ4v) is 3.90. The third-order valence-electron chi connectivity index (χ3n) is 5.22. The standard InChI is InChI=1S/C18H24N2O4/c21-16(22)18-8-4-7-15(18)11-20(13-18)17(23)19-9-10-24-12-14-5-2-1-3-6-14/h1-3,5-6,15H,4,7-13H2,(H,19,23)(H,21,22)/t15-,18+/m0/s1. The quantitative estimate of drug-likeness (QED) is 0.782. The fraction of sp³-hybridized carbons (Fsp3) is 0.556. The predicted octanol–water partition coefficient (Wildman–Crippen LogP) is 2.10. The number of urea groups is 1. The van der Waals surface area contributed by atoms with Crippen LogP contribution in [0.5, 0.6) is 0 Å². The van der Waals surface area contributed by atoms with Gasteiger partial charge in [-0.15, -0.1) is 0 Å². The lowest BCUT2D eigenvalue weighted by molar-refractivity contribution is -0.149. The SMILES string of the molecule is O=C(NCCOCc1ccccc1)N1C[C@@H]2CCC[C@@]2(C(=O)O)C1. The lowest BCUT2D eigenvalue weighted by Gasteiger charge is -2.23. The number of rotatable bonds is 6. The summed E-state index contributed by atoms with van der Waals surface area (Å²) in [4.78, 5) is 25.5. The molecule has 24 heavy (non-hydrogen) atoms. The molecule has 1 aromatic rings. The molecule has 2 fully saturated rings. The molecule has 1 heterocycles. The number of amides is 2. The van der Waals surface area contributed by atoms with Crippen molar-refractivity contribution in [1.29, 1.82) is 0 Å². The number of benzene rings is 1. The number of fused-ring (bicyclic) bond motifs is 1. The monoisotopic (exact) mass is 332 g/mol. The summed E-state index contributed by atoms with van der Waals surface area (Å²) in [6, 6.07) is 9.68. The van der Waals surface area contributed by atoms with Crippen LogP contribution in [0, 0.1) is 11.3 Å². The summed E-state index contributed by atoms with van der Waals surface area (Å²) in [5, 5.41) is 12.4. The highest BCUT2D eigenvalue weighted by Gasteiger charge is 2.55. The first kappa shape index (κ1) is 16.8. The Kier molecular flexibility index (Phi) is 5.04. The number of ether oxygens (including phenoxy) is 1. The van der Waals surface area contributed by atoms with Crippen molar-refractivity contribution >= 4 is 12.0 Å². The molecule has 0 unspecified atom stereocenters. The molecule has 2 aliphatic rings. The molecule has 1 saturated heterocycles. The molecule has 130 valence electrons. The maximum Gasteiger partial charge on any atom is 0.317 e. The summed E-state index contributed by atoms with van der Waals surface area (Å²) in [5.41, 5.74) is 0.376. The third kappa shape index (κ3) is 3.38. The van der Waals surface area contributed by atoms with Gasteiger partial charge in [-0.25, -0.2) is 4.79 Å². The van der Waals surface area contributed by atoms with Crippen LogP contribution in [-0.4, -0.2) is 48.2 Å². The Bertz CT molecular complexity index is 592. The molecule has 1 aliphatic heterocycles. The molecule has 0 aromatic heterocycles. The Morgan fingerprint density at radius 3 is 2.83 bits per heavy atom. The van der Waals surface area contributed by atoms with Gasteiger partial charge in [-0.1, -0.05) is 36.8 Å². The number of carboxylic acid groups (broad SMARTS) is 1. The van der Waals surface area contributed by atoms with Gasteiger partial charge in [-0.2, -0.15) is 0 Å². The third-order valence-corrected chi connectivity index (χ3v) is 5.22. The first-order valence-corrected chi connectivity index (χ1v) is 8.50. The molecule has 2 N–H and O–H groups in total. The van der Waals surface area contributed by atoms with Gasteiger partial charge in [0.15, 0.2) is 0 Å². The highest BCUT2D eigenvalue weighted by Crippen LogP contribution is 2.48. The molecule has 2 amide bonds. The fourth-order valence-electron chi connectivity index (χ4n) is 3.90. The van der Waals surface area contributed by atoms with Crippen LogP contribution in [-0.2, 0) is 16.1 Å². The molecular weight excluding hydrogens is 308 g/mol. The molecule has 0 spiro atoms. The topological polar surface area (TPSA) is 78.9 Å². The van der Waals surface area contributed by atoms with E-state index in [1.54, 1.807) is 4.90 Å². The molecule has 1 aromatic carbocycles. The van der Waals surface area contributed by atoms with Gasteiger partial charge in [0.05, 0.1) is 18.6 Å². The predicted molar refractivity (Wildman–Crippen MR) is 88.5 cm³/mol. The number of likely N-dealkylation sites (tertiary alicyclic amines) is 1.